The zero-order valence-electron chi connectivity index (χ0n) is 9.56. The predicted molar refractivity (Wildman–Crippen MR) is 65.1 cm³/mol. The topological polar surface area (TPSA) is 26.3 Å². The molecule has 0 aliphatic heterocycles. The second-order valence-electron chi connectivity index (χ2n) is 4.32. The average Bonchev–Trinajstić information content (AvgIpc) is 3.10. The second-order valence-corrected chi connectivity index (χ2v) is 5.10. The molecule has 1 fully saturated rings. The minimum absolute atomic E-state index is 0.0468. The van der Waals surface area contributed by atoms with Crippen molar-refractivity contribution in [3.05, 3.63) is 27.7 Å². The van der Waals surface area contributed by atoms with Gasteiger partial charge in [-0.15, -0.1) is 0 Å². The molecule has 0 bridgehead atoms. The van der Waals surface area contributed by atoms with Crippen LogP contribution >= 0.6 is 23.2 Å². The largest absolute Gasteiger partial charge is 0.492 e. The predicted octanol–water partition coefficient (Wildman–Crippen LogP) is 4.53. The van der Waals surface area contributed by atoms with Gasteiger partial charge in [0.2, 0.25) is 0 Å². The van der Waals surface area contributed by atoms with Crippen molar-refractivity contribution in [3.63, 3.8) is 0 Å². The maximum Gasteiger partial charge on any atom is 0.454 e. The number of Topliss-reactive ketones (excluding diaryl/α,β-unsaturated/α-hetero) is 1. The van der Waals surface area contributed by atoms with Crippen LogP contribution in [0.25, 0.3) is 0 Å². The maximum atomic E-state index is 12.4. The van der Waals surface area contributed by atoms with Crippen LogP contribution in [0.5, 0.6) is 5.75 Å². The van der Waals surface area contributed by atoms with E-state index in [0.29, 0.717) is 12.5 Å². The Morgan fingerprint density at radius 2 is 1.95 bits per heavy atom. The highest BCUT2D eigenvalue weighted by Crippen LogP contribution is 2.38. The van der Waals surface area contributed by atoms with E-state index in [2.05, 4.69) is 0 Å². The van der Waals surface area contributed by atoms with Gasteiger partial charge in [0.1, 0.15) is 5.75 Å². The molecule has 2 rings (SSSR count). The average molecular weight is 313 g/mol. The zero-order chi connectivity index (χ0) is 14.2. The molecule has 1 saturated carbocycles. The van der Waals surface area contributed by atoms with E-state index < -0.39 is 22.5 Å². The maximum absolute atomic E-state index is 12.4. The first-order valence-corrected chi connectivity index (χ1v) is 6.28. The Labute approximate surface area is 117 Å². The third-order valence-electron chi connectivity index (χ3n) is 2.71. The van der Waals surface area contributed by atoms with Gasteiger partial charge in [0, 0.05) is 0 Å². The fourth-order valence-electron chi connectivity index (χ4n) is 1.49. The first-order chi connectivity index (χ1) is 8.80. The van der Waals surface area contributed by atoms with Crippen LogP contribution in [0.4, 0.5) is 13.2 Å². The fourth-order valence-corrected chi connectivity index (χ4v) is 2.08. The molecule has 19 heavy (non-hydrogen) atoms. The van der Waals surface area contributed by atoms with Gasteiger partial charge < -0.3 is 4.74 Å². The van der Waals surface area contributed by atoms with Gasteiger partial charge in [-0.25, -0.2) is 0 Å². The molecule has 1 aromatic carbocycles. The third kappa shape index (κ3) is 3.34. The van der Waals surface area contributed by atoms with Crippen LogP contribution in [0.2, 0.25) is 10.0 Å². The van der Waals surface area contributed by atoms with E-state index in [1.165, 1.54) is 12.1 Å². The van der Waals surface area contributed by atoms with Gasteiger partial charge in [-0.1, -0.05) is 23.2 Å². The van der Waals surface area contributed by atoms with E-state index in [1.807, 2.05) is 0 Å². The smallest absolute Gasteiger partial charge is 0.454 e. The van der Waals surface area contributed by atoms with Crippen molar-refractivity contribution in [2.45, 2.75) is 19.0 Å². The summed E-state index contributed by atoms with van der Waals surface area (Å²) in [4.78, 5) is 11.3. The lowest BCUT2D eigenvalue weighted by Crippen LogP contribution is -2.23. The number of hydrogen-bond donors (Lipinski definition) is 0. The number of halogens is 5. The minimum atomic E-state index is -5.03. The SMILES string of the molecule is O=C(c1c(Cl)ccc(OCC2CC2)c1Cl)C(F)(F)F. The Kier molecular flexibility index (Phi) is 3.97. The van der Waals surface area contributed by atoms with Crippen LogP contribution in [-0.2, 0) is 0 Å². The lowest BCUT2D eigenvalue weighted by atomic mass is 10.1. The molecule has 0 saturated heterocycles. The van der Waals surface area contributed by atoms with E-state index in [-0.39, 0.29) is 10.8 Å². The van der Waals surface area contributed by atoms with Gasteiger partial charge >= 0.3 is 6.18 Å². The van der Waals surface area contributed by atoms with Crippen LogP contribution < -0.4 is 4.74 Å². The van der Waals surface area contributed by atoms with E-state index in [4.69, 9.17) is 27.9 Å². The molecule has 0 aromatic heterocycles. The van der Waals surface area contributed by atoms with E-state index in [1.54, 1.807) is 0 Å². The summed E-state index contributed by atoms with van der Waals surface area (Å²) in [5.41, 5.74) is -0.760. The van der Waals surface area contributed by atoms with Gasteiger partial charge in [0.15, 0.2) is 0 Å². The van der Waals surface area contributed by atoms with Crippen LogP contribution in [-0.4, -0.2) is 18.6 Å². The van der Waals surface area contributed by atoms with Crippen molar-refractivity contribution >= 4 is 29.0 Å². The van der Waals surface area contributed by atoms with Gasteiger partial charge in [-0.05, 0) is 30.9 Å². The molecule has 0 radical (unpaired) electrons. The Balaban J connectivity index is 2.30. The molecule has 7 heteroatoms. The summed E-state index contributed by atoms with van der Waals surface area (Å²) in [6, 6.07) is 2.54. The Bertz CT molecular complexity index is 510. The Morgan fingerprint density at radius 1 is 1.32 bits per heavy atom. The summed E-state index contributed by atoms with van der Waals surface area (Å²) in [7, 11) is 0. The summed E-state index contributed by atoms with van der Waals surface area (Å²) >= 11 is 11.4. The van der Waals surface area contributed by atoms with Crippen molar-refractivity contribution in [2.75, 3.05) is 6.61 Å². The Hall–Kier alpha value is -0.940. The van der Waals surface area contributed by atoms with E-state index in [9.17, 15) is 18.0 Å². The standard InChI is InChI=1S/C12H9Cl2F3O2/c13-7-3-4-8(19-5-6-1-2-6)10(14)9(7)11(18)12(15,16)17/h3-4,6H,1-2,5H2. The summed E-state index contributed by atoms with van der Waals surface area (Å²) in [5, 5.41) is -0.735. The molecule has 0 amide bonds. The quantitative estimate of drug-likeness (QED) is 0.764. The van der Waals surface area contributed by atoms with Gasteiger partial charge in [-0.2, -0.15) is 13.2 Å². The normalized spacial score (nSPS) is 15.4. The van der Waals surface area contributed by atoms with Crippen molar-refractivity contribution in [3.8, 4) is 5.75 Å². The number of carbonyl (C=O) groups is 1. The molecule has 0 heterocycles. The first kappa shape index (κ1) is 14.5. The summed E-state index contributed by atoms with van der Waals surface area (Å²) < 4.78 is 42.6. The van der Waals surface area contributed by atoms with Gasteiger partial charge in [-0.3, -0.25) is 4.79 Å². The highest BCUT2D eigenvalue weighted by atomic mass is 35.5. The van der Waals surface area contributed by atoms with Crippen molar-refractivity contribution in [1.29, 1.82) is 0 Å². The van der Waals surface area contributed by atoms with E-state index in [0.717, 1.165) is 12.8 Å². The highest BCUT2D eigenvalue weighted by Gasteiger charge is 2.42. The molecule has 0 unspecified atom stereocenters. The molecule has 104 valence electrons. The first-order valence-electron chi connectivity index (χ1n) is 5.53. The molecule has 2 nitrogen and oxygen atoms in total. The number of rotatable bonds is 4. The van der Waals surface area contributed by atoms with Crippen LogP contribution in [0.1, 0.15) is 23.2 Å². The molecule has 0 N–H and O–H groups in total. The van der Waals surface area contributed by atoms with E-state index >= 15 is 0 Å². The summed E-state index contributed by atoms with van der Waals surface area (Å²) in [6.45, 7) is 0.376. The fraction of sp³-hybridized carbons (Fsp3) is 0.417. The number of ether oxygens (including phenoxy) is 1. The minimum Gasteiger partial charge on any atom is -0.492 e. The second kappa shape index (κ2) is 5.21. The van der Waals surface area contributed by atoms with Crippen molar-refractivity contribution < 1.29 is 22.7 Å². The zero-order valence-corrected chi connectivity index (χ0v) is 11.1. The third-order valence-corrected chi connectivity index (χ3v) is 3.40. The lowest BCUT2D eigenvalue weighted by Gasteiger charge is -2.13. The van der Waals surface area contributed by atoms with Gasteiger partial charge in [0.05, 0.1) is 22.2 Å². The summed E-state index contributed by atoms with van der Waals surface area (Å²) in [6.07, 6.45) is -2.97. The number of benzene rings is 1. The molecular weight excluding hydrogens is 304 g/mol. The van der Waals surface area contributed by atoms with Crippen LogP contribution in [0, 0.1) is 5.92 Å². The molecule has 1 aliphatic carbocycles. The molecular formula is C12H9Cl2F3O2. The van der Waals surface area contributed by atoms with Crippen LogP contribution in [0.3, 0.4) is 0 Å². The molecule has 1 aliphatic rings. The van der Waals surface area contributed by atoms with Crippen molar-refractivity contribution in [2.24, 2.45) is 5.92 Å². The Morgan fingerprint density at radius 3 is 2.47 bits per heavy atom. The number of carbonyl (C=O) groups excluding carboxylic acids is 1. The molecule has 0 atom stereocenters. The lowest BCUT2D eigenvalue weighted by molar-refractivity contribution is -0.0885. The van der Waals surface area contributed by atoms with Crippen LogP contribution in [0.15, 0.2) is 12.1 Å². The highest BCUT2D eigenvalue weighted by molar-refractivity contribution is 6.41. The monoisotopic (exact) mass is 312 g/mol. The van der Waals surface area contributed by atoms with Gasteiger partial charge in [0.25, 0.3) is 5.78 Å². The molecule has 1 aromatic rings. The van der Waals surface area contributed by atoms with Crippen molar-refractivity contribution in [1.82, 2.24) is 0 Å². The summed E-state index contributed by atoms with van der Waals surface area (Å²) in [5.74, 6) is -1.61. The number of ketones is 1. The number of hydrogen-bond acceptors (Lipinski definition) is 2. The number of alkyl halides is 3. The molecule has 0 spiro atoms.